The Morgan fingerprint density at radius 3 is 2.04 bits per heavy atom. The molecule has 2 rings (SSSR count). The Morgan fingerprint density at radius 2 is 1.46 bits per heavy atom. The molecule has 0 fully saturated rings. The van der Waals surface area contributed by atoms with Crippen molar-refractivity contribution in [3.8, 4) is 5.75 Å². The largest absolute Gasteiger partial charge is 0.508 e. The Kier molecular flexibility index (Phi) is 7.89. The van der Waals surface area contributed by atoms with Crippen LogP contribution in [0.5, 0.6) is 5.75 Å². The van der Waals surface area contributed by atoms with E-state index in [2.05, 4.69) is 31.2 Å². The maximum Gasteiger partial charge on any atom is 0.330 e. The van der Waals surface area contributed by atoms with Crippen LogP contribution in [0.3, 0.4) is 0 Å². The Labute approximate surface area is 156 Å². The molecule has 0 unspecified atom stereocenters. The van der Waals surface area contributed by atoms with Gasteiger partial charge < -0.3 is 14.2 Å². The smallest absolute Gasteiger partial charge is 0.330 e. The van der Waals surface area contributed by atoms with Gasteiger partial charge in [0.2, 0.25) is 0 Å². The number of aromatic hydroxyl groups is 1. The molecule has 0 heterocycles. The van der Waals surface area contributed by atoms with E-state index in [9.17, 15) is 9.67 Å². The summed E-state index contributed by atoms with van der Waals surface area (Å²) in [6.07, 6.45) is 2.54. The summed E-state index contributed by atoms with van der Waals surface area (Å²) in [4.78, 5) is 0. The highest BCUT2D eigenvalue weighted by atomic mass is 31.2. The van der Waals surface area contributed by atoms with E-state index >= 15 is 0 Å². The summed E-state index contributed by atoms with van der Waals surface area (Å²) < 4.78 is 23.3. The zero-order valence-corrected chi connectivity index (χ0v) is 16.8. The average Bonchev–Trinajstić information content (AvgIpc) is 2.63. The van der Waals surface area contributed by atoms with E-state index in [1.54, 1.807) is 19.9 Å². The topological polar surface area (TPSA) is 55.8 Å². The van der Waals surface area contributed by atoms with Crippen molar-refractivity contribution in [1.29, 1.82) is 0 Å². The monoisotopic (exact) mass is 376 g/mol. The molecule has 0 aliphatic rings. The van der Waals surface area contributed by atoms with Crippen LogP contribution < -0.4 is 0 Å². The minimum atomic E-state index is -3.11. The van der Waals surface area contributed by atoms with Crippen LogP contribution in [-0.2, 0) is 32.9 Å². The predicted molar refractivity (Wildman–Crippen MR) is 106 cm³/mol. The molecular formula is C21H29O4P. The maximum atomic E-state index is 12.6. The van der Waals surface area contributed by atoms with Crippen molar-refractivity contribution in [2.75, 3.05) is 19.4 Å². The maximum absolute atomic E-state index is 12.6. The van der Waals surface area contributed by atoms with Gasteiger partial charge in [-0.05, 0) is 61.4 Å². The number of aryl methyl sites for hydroxylation is 2. The third kappa shape index (κ3) is 5.98. The van der Waals surface area contributed by atoms with E-state index in [1.165, 1.54) is 11.1 Å². The van der Waals surface area contributed by atoms with E-state index < -0.39 is 7.60 Å². The van der Waals surface area contributed by atoms with Crippen molar-refractivity contribution < 1.29 is 18.7 Å². The predicted octanol–water partition coefficient (Wildman–Crippen LogP) is 5.35. The summed E-state index contributed by atoms with van der Waals surface area (Å²) in [6.45, 7) is 6.43. The minimum Gasteiger partial charge on any atom is -0.508 e. The van der Waals surface area contributed by atoms with Gasteiger partial charge in [0, 0.05) is 0 Å². The number of benzene rings is 2. The molecule has 0 aliphatic carbocycles. The molecule has 0 spiro atoms. The summed E-state index contributed by atoms with van der Waals surface area (Å²) in [5.41, 5.74) is 4.44. The number of hydrogen-bond acceptors (Lipinski definition) is 4. The summed E-state index contributed by atoms with van der Waals surface area (Å²) >= 11 is 0. The van der Waals surface area contributed by atoms with Crippen LogP contribution in [0.15, 0.2) is 42.5 Å². The molecule has 1 N–H and O–H groups in total. The Morgan fingerprint density at radius 1 is 0.885 bits per heavy atom. The molecule has 0 saturated heterocycles. The highest BCUT2D eigenvalue weighted by molar-refractivity contribution is 7.53. The first-order valence-corrected chi connectivity index (χ1v) is 11.0. The van der Waals surface area contributed by atoms with Crippen LogP contribution in [0.4, 0.5) is 0 Å². The highest BCUT2D eigenvalue weighted by Crippen LogP contribution is 2.48. The van der Waals surface area contributed by atoms with Gasteiger partial charge in [0.25, 0.3) is 0 Å². The molecule has 0 amide bonds. The molecule has 0 atom stereocenters. The summed E-state index contributed by atoms with van der Waals surface area (Å²) in [5, 5.41) is 10.2. The summed E-state index contributed by atoms with van der Waals surface area (Å²) in [5.74, 6) is 0.217. The molecule has 0 saturated carbocycles. The van der Waals surface area contributed by atoms with Crippen molar-refractivity contribution in [3.05, 3.63) is 64.7 Å². The lowest BCUT2D eigenvalue weighted by Gasteiger charge is -2.17. The normalized spacial score (nSPS) is 11.7. The molecule has 2 aromatic carbocycles. The molecule has 4 nitrogen and oxygen atoms in total. The van der Waals surface area contributed by atoms with Gasteiger partial charge in [-0.15, -0.1) is 0 Å². The van der Waals surface area contributed by atoms with Crippen molar-refractivity contribution in [3.63, 3.8) is 0 Å². The number of rotatable bonds is 10. The lowest BCUT2D eigenvalue weighted by molar-refractivity contribution is 0.220. The minimum absolute atomic E-state index is 0.217. The second-order valence-corrected chi connectivity index (χ2v) is 8.42. The Balaban J connectivity index is 2.09. The summed E-state index contributed by atoms with van der Waals surface area (Å²) in [7, 11) is -3.11. The molecule has 0 bridgehead atoms. The van der Waals surface area contributed by atoms with Crippen molar-refractivity contribution in [2.24, 2.45) is 0 Å². The lowest BCUT2D eigenvalue weighted by atomic mass is 10.00. The van der Waals surface area contributed by atoms with E-state index in [-0.39, 0.29) is 11.9 Å². The van der Waals surface area contributed by atoms with Gasteiger partial charge in [-0.1, -0.05) is 43.3 Å². The molecule has 0 radical (unpaired) electrons. The van der Waals surface area contributed by atoms with Crippen LogP contribution in [0, 0.1) is 0 Å². The molecule has 0 aliphatic heterocycles. The van der Waals surface area contributed by atoms with Crippen molar-refractivity contribution in [1.82, 2.24) is 0 Å². The average molecular weight is 376 g/mol. The summed E-state index contributed by atoms with van der Waals surface area (Å²) in [6, 6.07) is 14.2. The Hall–Kier alpha value is -1.61. The van der Waals surface area contributed by atoms with Crippen LogP contribution in [0.2, 0.25) is 0 Å². The van der Waals surface area contributed by atoms with Crippen LogP contribution in [-0.4, -0.2) is 24.5 Å². The molecular weight excluding hydrogens is 347 g/mol. The molecule has 142 valence electrons. The molecule has 0 aromatic heterocycles. The number of phenols is 1. The molecule has 26 heavy (non-hydrogen) atoms. The van der Waals surface area contributed by atoms with Gasteiger partial charge in [-0.3, -0.25) is 4.57 Å². The zero-order valence-electron chi connectivity index (χ0n) is 15.9. The van der Waals surface area contributed by atoms with Gasteiger partial charge in [0.15, 0.2) is 0 Å². The standard InChI is InChI=1S/C21H29O4P/c1-4-17-7-9-18(10-8-17)15-19-11-12-21(22)20(16-19)13-14-26(23,24-5-2)25-6-3/h7-12,16,22H,4-6,13-15H2,1-3H3. The second-order valence-electron chi connectivity index (χ2n) is 6.23. The van der Waals surface area contributed by atoms with Crippen LogP contribution in [0.1, 0.15) is 43.0 Å². The van der Waals surface area contributed by atoms with Crippen LogP contribution >= 0.6 is 7.60 Å². The number of phenolic OH excluding ortho intramolecular Hbond substituents is 1. The van der Waals surface area contributed by atoms with Gasteiger partial charge in [0.1, 0.15) is 5.75 Å². The SMILES string of the molecule is CCOP(=O)(CCc1cc(Cc2ccc(CC)cc2)ccc1O)OCC. The van der Waals surface area contributed by atoms with E-state index in [0.717, 1.165) is 24.0 Å². The van der Waals surface area contributed by atoms with Gasteiger partial charge in [-0.25, -0.2) is 0 Å². The van der Waals surface area contributed by atoms with E-state index in [4.69, 9.17) is 9.05 Å². The second kappa shape index (κ2) is 9.91. The van der Waals surface area contributed by atoms with E-state index in [0.29, 0.717) is 19.6 Å². The first-order valence-electron chi connectivity index (χ1n) is 9.26. The fourth-order valence-corrected chi connectivity index (χ4v) is 4.53. The van der Waals surface area contributed by atoms with E-state index in [1.807, 2.05) is 12.1 Å². The lowest BCUT2D eigenvalue weighted by Crippen LogP contribution is -2.03. The van der Waals surface area contributed by atoms with Gasteiger partial charge >= 0.3 is 7.60 Å². The third-order valence-corrected chi connectivity index (χ3v) is 6.36. The number of hydrogen-bond donors (Lipinski definition) is 1. The molecule has 5 heteroatoms. The van der Waals surface area contributed by atoms with Gasteiger partial charge in [0.05, 0.1) is 19.4 Å². The fraction of sp³-hybridized carbons (Fsp3) is 0.429. The van der Waals surface area contributed by atoms with Gasteiger partial charge in [-0.2, -0.15) is 0 Å². The zero-order chi connectivity index (χ0) is 19.0. The molecule has 2 aromatic rings. The fourth-order valence-electron chi connectivity index (χ4n) is 2.89. The first kappa shape index (κ1) is 20.7. The Bertz CT molecular complexity index is 730. The third-order valence-electron chi connectivity index (χ3n) is 4.29. The quantitative estimate of drug-likeness (QED) is 0.568. The van der Waals surface area contributed by atoms with Crippen molar-refractivity contribution >= 4 is 7.60 Å². The first-order chi connectivity index (χ1) is 12.5. The van der Waals surface area contributed by atoms with Crippen molar-refractivity contribution in [2.45, 2.75) is 40.0 Å². The highest BCUT2D eigenvalue weighted by Gasteiger charge is 2.23. The van der Waals surface area contributed by atoms with Crippen LogP contribution in [0.25, 0.3) is 0 Å².